The topological polar surface area (TPSA) is 96.2 Å². The first-order chi connectivity index (χ1) is 9.83. The molecule has 0 saturated carbocycles. The average Bonchev–Trinajstić information content (AvgIpc) is 3.03. The minimum Gasteiger partial charge on any atom is -0.342 e. The second-order valence-electron chi connectivity index (χ2n) is 4.38. The highest BCUT2D eigenvalue weighted by atomic mass is 16.5. The zero-order valence-corrected chi connectivity index (χ0v) is 10.7. The lowest BCUT2D eigenvalue weighted by molar-refractivity contribution is 0.204. The number of nitrogens with zero attached hydrogens (tertiary/aromatic N) is 4. The molecule has 1 fully saturated rings. The number of piperazine rings is 1. The van der Waals surface area contributed by atoms with E-state index in [4.69, 9.17) is 4.52 Å². The molecule has 0 aliphatic carbocycles. The van der Waals surface area contributed by atoms with Gasteiger partial charge in [0.1, 0.15) is 0 Å². The summed E-state index contributed by atoms with van der Waals surface area (Å²) in [5, 5.41) is 9.76. The SMILES string of the molecule is O=C(Nc1cncc(-c2ncon2)c1)N1CCNCC1. The molecule has 0 bridgehead atoms. The zero-order chi connectivity index (χ0) is 13.8. The largest absolute Gasteiger partial charge is 0.342 e. The van der Waals surface area contributed by atoms with Gasteiger partial charge in [-0.15, -0.1) is 0 Å². The van der Waals surface area contributed by atoms with Gasteiger partial charge in [-0.2, -0.15) is 4.98 Å². The maximum absolute atomic E-state index is 12.1. The summed E-state index contributed by atoms with van der Waals surface area (Å²) in [5.41, 5.74) is 1.30. The van der Waals surface area contributed by atoms with Gasteiger partial charge in [0.05, 0.1) is 11.9 Å². The molecule has 2 aromatic rings. The Hall–Kier alpha value is -2.48. The molecule has 0 radical (unpaired) electrons. The van der Waals surface area contributed by atoms with Crippen LogP contribution in [0.3, 0.4) is 0 Å². The van der Waals surface area contributed by atoms with Crippen molar-refractivity contribution in [3.05, 3.63) is 24.9 Å². The van der Waals surface area contributed by atoms with E-state index in [1.165, 1.54) is 6.39 Å². The number of amides is 2. The van der Waals surface area contributed by atoms with Gasteiger partial charge in [0.2, 0.25) is 12.2 Å². The van der Waals surface area contributed by atoms with Crippen molar-refractivity contribution in [1.29, 1.82) is 0 Å². The van der Waals surface area contributed by atoms with Crippen LogP contribution in [0.5, 0.6) is 0 Å². The summed E-state index contributed by atoms with van der Waals surface area (Å²) in [6.45, 7) is 3.02. The van der Waals surface area contributed by atoms with Crippen LogP contribution in [0.1, 0.15) is 0 Å². The quantitative estimate of drug-likeness (QED) is 0.831. The van der Waals surface area contributed by atoms with E-state index in [9.17, 15) is 4.79 Å². The van der Waals surface area contributed by atoms with Gasteiger partial charge in [0.15, 0.2) is 0 Å². The van der Waals surface area contributed by atoms with Crippen LogP contribution in [0.4, 0.5) is 10.5 Å². The monoisotopic (exact) mass is 274 g/mol. The zero-order valence-electron chi connectivity index (χ0n) is 10.7. The molecule has 20 heavy (non-hydrogen) atoms. The summed E-state index contributed by atoms with van der Waals surface area (Å²) < 4.78 is 4.69. The number of hydrogen-bond acceptors (Lipinski definition) is 6. The molecule has 0 spiro atoms. The van der Waals surface area contributed by atoms with Gasteiger partial charge in [-0.05, 0) is 6.07 Å². The normalized spacial score (nSPS) is 15.1. The van der Waals surface area contributed by atoms with Gasteiger partial charge in [0.25, 0.3) is 0 Å². The van der Waals surface area contributed by atoms with Gasteiger partial charge in [-0.1, -0.05) is 5.16 Å². The molecule has 8 heteroatoms. The molecule has 3 rings (SSSR count). The lowest BCUT2D eigenvalue weighted by Gasteiger charge is -2.27. The summed E-state index contributed by atoms with van der Waals surface area (Å²) >= 11 is 0. The van der Waals surface area contributed by atoms with E-state index in [1.54, 1.807) is 23.4 Å². The number of carbonyl (C=O) groups is 1. The fraction of sp³-hybridized carbons (Fsp3) is 0.333. The van der Waals surface area contributed by atoms with E-state index in [-0.39, 0.29) is 6.03 Å². The summed E-state index contributed by atoms with van der Waals surface area (Å²) in [4.78, 5) is 21.9. The van der Waals surface area contributed by atoms with Crippen molar-refractivity contribution in [2.45, 2.75) is 0 Å². The van der Waals surface area contributed by atoms with E-state index >= 15 is 0 Å². The van der Waals surface area contributed by atoms with Crippen LogP contribution in [0.2, 0.25) is 0 Å². The third-order valence-electron chi connectivity index (χ3n) is 3.01. The van der Waals surface area contributed by atoms with Crippen molar-refractivity contribution in [1.82, 2.24) is 25.3 Å². The van der Waals surface area contributed by atoms with Crippen LogP contribution in [-0.4, -0.2) is 52.2 Å². The lowest BCUT2D eigenvalue weighted by Crippen LogP contribution is -2.48. The fourth-order valence-electron chi connectivity index (χ4n) is 2.00. The van der Waals surface area contributed by atoms with Crippen molar-refractivity contribution in [3.63, 3.8) is 0 Å². The highest BCUT2D eigenvalue weighted by Gasteiger charge is 2.16. The van der Waals surface area contributed by atoms with Crippen LogP contribution < -0.4 is 10.6 Å². The second kappa shape index (κ2) is 5.66. The maximum Gasteiger partial charge on any atom is 0.321 e. The lowest BCUT2D eigenvalue weighted by atomic mass is 10.2. The molecule has 3 heterocycles. The molecular formula is C12H14N6O2. The highest BCUT2D eigenvalue weighted by Crippen LogP contribution is 2.17. The second-order valence-corrected chi connectivity index (χ2v) is 4.38. The minimum absolute atomic E-state index is 0.126. The summed E-state index contributed by atoms with van der Waals surface area (Å²) in [6.07, 6.45) is 4.45. The van der Waals surface area contributed by atoms with Crippen LogP contribution in [-0.2, 0) is 0 Å². The summed E-state index contributed by atoms with van der Waals surface area (Å²) in [7, 11) is 0. The van der Waals surface area contributed by atoms with Crippen LogP contribution in [0, 0.1) is 0 Å². The van der Waals surface area contributed by atoms with E-state index in [0.717, 1.165) is 13.1 Å². The first-order valence-electron chi connectivity index (χ1n) is 6.31. The Balaban J connectivity index is 1.71. The van der Waals surface area contributed by atoms with Crippen molar-refractivity contribution in [3.8, 4) is 11.4 Å². The molecule has 2 amide bonds. The van der Waals surface area contributed by atoms with E-state index in [0.29, 0.717) is 30.2 Å². The van der Waals surface area contributed by atoms with Crippen molar-refractivity contribution < 1.29 is 9.32 Å². The number of nitrogens with one attached hydrogen (secondary N) is 2. The van der Waals surface area contributed by atoms with Crippen LogP contribution in [0.25, 0.3) is 11.4 Å². The predicted octanol–water partition coefficient (Wildman–Crippen LogP) is 0.569. The number of aromatic nitrogens is 3. The number of rotatable bonds is 2. The van der Waals surface area contributed by atoms with Crippen molar-refractivity contribution >= 4 is 11.7 Å². The molecule has 1 aliphatic rings. The number of hydrogen-bond donors (Lipinski definition) is 2. The third-order valence-corrected chi connectivity index (χ3v) is 3.01. The minimum atomic E-state index is -0.126. The van der Waals surface area contributed by atoms with E-state index in [2.05, 4.69) is 25.8 Å². The number of pyridine rings is 1. The molecule has 1 aliphatic heterocycles. The molecule has 104 valence electrons. The molecule has 1 saturated heterocycles. The molecule has 0 unspecified atom stereocenters. The smallest absolute Gasteiger partial charge is 0.321 e. The predicted molar refractivity (Wildman–Crippen MR) is 71.0 cm³/mol. The Labute approximate surface area is 115 Å². The Morgan fingerprint density at radius 3 is 2.95 bits per heavy atom. The standard InChI is InChI=1S/C12H14N6O2/c19-12(18-3-1-13-2-4-18)16-10-5-9(6-14-7-10)11-15-8-20-17-11/h5-8,13H,1-4H2,(H,16,19). The molecule has 2 aromatic heterocycles. The maximum atomic E-state index is 12.1. The first kappa shape index (κ1) is 12.5. The van der Waals surface area contributed by atoms with Crippen molar-refractivity contribution in [2.24, 2.45) is 0 Å². The van der Waals surface area contributed by atoms with Gasteiger partial charge in [-0.3, -0.25) is 4.98 Å². The molecule has 0 aromatic carbocycles. The number of urea groups is 1. The summed E-state index contributed by atoms with van der Waals surface area (Å²) in [5.74, 6) is 0.441. The molecular weight excluding hydrogens is 260 g/mol. The van der Waals surface area contributed by atoms with Crippen LogP contribution in [0.15, 0.2) is 29.4 Å². The Bertz CT molecular complexity index is 579. The molecule has 0 atom stereocenters. The van der Waals surface area contributed by atoms with E-state index in [1.807, 2.05) is 0 Å². The fourth-order valence-corrected chi connectivity index (χ4v) is 2.00. The van der Waals surface area contributed by atoms with E-state index < -0.39 is 0 Å². The molecule has 8 nitrogen and oxygen atoms in total. The van der Waals surface area contributed by atoms with Gasteiger partial charge < -0.3 is 20.1 Å². The Morgan fingerprint density at radius 1 is 1.35 bits per heavy atom. The highest BCUT2D eigenvalue weighted by molar-refractivity contribution is 5.89. The van der Waals surface area contributed by atoms with Gasteiger partial charge in [-0.25, -0.2) is 4.79 Å². The third kappa shape index (κ3) is 2.75. The average molecular weight is 274 g/mol. The van der Waals surface area contributed by atoms with Gasteiger partial charge in [0, 0.05) is 37.9 Å². The molecule has 2 N–H and O–H groups in total. The first-order valence-corrected chi connectivity index (χ1v) is 6.31. The Morgan fingerprint density at radius 2 is 2.20 bits per heavy atom. The number of carbonyl (C=O) groups excluding carboxylic acids is 1. The number of anilines is 1. The summed E-state index contributed by atoms with van der Waals surface area (Å²) in [6, 6.07) is 1.64. The Kier molecular flexibility index (Phi) is 3.55. The van der Waals surface area contributed by atoms with Crippen LogP contribution >= 0.6 is 0 Å². The van der Waals surface area contributed by atoms with Gasteiger partial charge >= 0.3 is 6.03 Å². The van der Waals surface area contributed by atoms with Crippen molar-refractivity contribution in [2.75, 3.05) is 31.5 Å².